The third-order valence-electron chi connectivity index (χ3n) is 3.02. The van der Waals surface area contributed by atoms with E-state index in [1.54, 1.807) is 0 Å². The Kier molecular flexibility index (Phi) is 3.10. The minimum atomic E-state index is -0.637. The molecule has 0 amide bonds. The summed E-state index contributed by atoms with van der Waals surface area (Å²) < 4.78 is 1.09. The van der Waals surface area contributed by atoms with E-state index in [9.17, 15) is 4.79 Å². The second-order valence-electron chi connectivity index (χ2n) is 4.20. The molecule has 2 rings (SSSR count). The van der Waals surface area contributed by atoms with Gasteiger partial charge in [-0.25, -0.2) is 0 Å². The van der Waals surface area contributed by atoms with E-state index in [4.69, 9.17) is 5.11 Å². The van der Waals surface area contributed by atoms with Crippen LogP contribution in [0.25, 0.3) is 0 Å². The number of hydrogen-bond donors (Lipinski definition) is 1. The van der Waals surface area contributed by atoms with E-state index in [-0.39, 0.29) is 5.92 Å². The van der Waals surface area contributed by atoms with Gasteiger partial charge in [-0.1, -0.05) is 28.1 Å². The van der Waals surface area contributed by atoms with Crippen LogP contribution in [0.1, 0.15) is 18.4 Å². The number of benzene rings is 1. The van der Waals surface area contributed by atoms with Crippen molar-refractivity contribution < 1.29 is 9.90 Å². The molecule has 1 saturated carbocycles. The Labute approximate surface area is 97.4 Å². The van der Waals surface area contributed by atoms with E-state index in [0.717, 1.165) is 23.7 Å². The zero-order chi connectivity index (χ0) is 10.8. The Hall–Kier alpha value is -0.830. The molecular formula is C12H13BrO2. The summed E-state index contributed by atoms with van der Waals surface area (Å²) in [7, 11) is 0. The maximum absolute atomic E-state index is 10.6. The molecule has 1 fully saturated rings. The summed E-state index contributed by atoms with van der Waals surface area (Å²) in [6, 6.07) is 8.25. The molecule has 0 saturated heterocycles. The van der Waals surface area contributed by atoms with E-state index < -0.39 is 5.97 Å². The second kappa shape index (κ2) is 4.35. The van der Waals surface area contributed by atoms with Crippen LogP contribution >= 0.6 is 15.9 Å². The third kappa shape index (κ3) is 2.59. The monoisotopic (exact) mass is 268 g/mol. The second-order valence-corrected chi connectivity index (χ2v) is 5.12. The van der Waals surface area contributed by atoms with Crippen LogP contribution in [-0.4, -0.2) is 11.1 Å². The van der Waals surface area contributed by atoms with Gasteiger partial charge in [0.2, 0.25) is 0 Å². The Bertz CT molecular complexity index is 352. The first-order valence-corrected chi connectivity index (χ1v) is 5.91. The summed E-state index contributed by atoms with van der Waals surface area (Å²) >= 11 is 3.39. The summed E-state index contributed by atoms with van der Waals surface area (Å²) in [4.78, 5) is 10.6. The average Bonchev–Trinajstić information content (AvgIpc) is 2.13. The maximum Gasteiger partial charge on any atom is 0.306 e. The zero-order valence-electron chi connectivity index (χ0n) is 8.32. The predicted octanol–water partition coefficient (Wildman–Crippen LogP) is 3.10. The zero-order valence-corrected chi connectivity index (χ0v) is 9.90. The molecule has 0 radical (unpaired) electrons. The smallest absolute Gasteiger partial charge is 0.306 e. The molecule has 80 valence electrons. The summed E-state index contributed by atoms with van der Waals surface area (Å²) in [6.45, 7) is 0. The van der Waals surface area contributed by atoms with Crippen molar-refractivity contribution in [1.82, 2.24) is 0 Å². The lowest BCUT2D eigenvalue weighted by Gasteiger charge is -2.32. The van der Waals surface area contributed by atoms with Crippen LogP contribution in [0.5, 0.6) is 0 Å². The first kappa shape index (κ1) is 10.7. The highest BCUT2D eigenvalue weighted by atomic mass is 79.9. The first-order valence-electron chi connectivity index (χ1n) is 5.12. The Morgan fingerprint density at radius 2 is 1.93 bits per heavy atom. The van der Waals surface area contributed by atoms with Crippen LogP contribution in [0.3, 0.4) is 0 Å². The SMILES string of the molecule is O=C(O)C1CC(Cc2ccc(Br)cc2)C1. The minimum absolute atomic E-state index is 0.0922. The Morgan fingerprint density at radius 3 is 2.47 bits per heavy atom. The summed E-state index contributed by atoms with van der Waals surface area (Å²) in [5.41, 5.74) is 1.30. The molecule has 2 nitrogen and oxygen atoms in total. The number of rotatable bonds is 3. The Morgan fingerprint density at radius 1 is 1.33 bits per heavy atom. The van der Waals surface area contributed by atoms with Crippen molar-refractivity contribution in [2.24, 2.45) is 11.8 Å². The number of aliphatic carboxylic acids is 1. The molecule has 1 N–H and O–H groups in total. The fourth-order valence-electron chi connectivity index (χ4n) is 2.06. The number of halogens is 1. The number of carbonyl (C=O) groups is 1. The van der Waals surface area contributed by atoms with Crippen molar-refractivity contribution >= 4 is 21.9 Å². The molecule has 0 aliphatic heterocycles. The van der Waals surface area contributed by atoms with Gasteiger partial charge >= 0.3 is 5.97 Å². The molecule has 0 aromatic heterocycles. The van der Waals surface area contributed by atoms with E-state index >= 15 is 0 Å². The Balaban J connectivity index is 1.85. The van der Waals surface area contributed by atoms with Gasteiger partial charge in [-0.3, -0.25) is 4.79 Å². The molecule has 1 aliphatic rings. The van der Waals surface area contributed by atoms with Crippen LogP contribution < -0.4 is 0 Å². The standard InChI is InChI=1S/C12H13BrO2/c13-11-3-1-8(2-4-11)5-9-6-10(7-9)12(14)15/h1-4,9-10H,5-7H2,(H,14,15). The summed E-state index contributed by atoms with van der Waals surface area (Å²) in [5.74, 6) is -0.167. The van der Waals surface area contributed by atoms with Crippen molar-refractivity contribution in [1.29, 1.82) is 0 Å². The van der Waals surface area contributed by atoms with Gasteiger partial charge in [0.15, 0.2) is 0 Å². The van der Waals surface area contributed by atoms with Gasteiger partial charge in [-0.15, -0.1) is 0 Å². The summed E-state index contributed by atoms with van der Waals surface area (Å²) in [5, 5.41) is 8.75. The lowest BCUT2D eigenvalue weighted by molar-refractivity contribution is -0.146. The lowest BCUT2D eigenvalue weighted by atomic mass is 9.72. The van der Waals surface area contributed by atoms with Crippen molar-refractivity contribution in [3.05, 3.63) is 34.3 Å². The van der Waals surface area contributed by atoms with E-state index in [2.05, 4.69) is 28.1 Å². The fraction of sp³-hybridized carbons (Fsp3) is 0.417. The molecule has 0 atom stereocenters. The van der Waals surface area contributed by atoms with E-state index in [1.807, 2.05) is 12.1 Å². The number of carboxylic acid groups (broad SMARTS) is 1. The third-order valence-corrected chi connectivity index (χ3v) is 3.55. The van der Waals surface area contributed by atoms with Crippen LogP contribution in [-0.2, 0) is 11.2 Å². The molecule has 15 heavy (non-hydrogen) atoms. The van der Waals surface area contributed by atoms with Gasteiger partial charge in [0.1, 0.15) is 0 Å². The molecule has 1 aromatic carbocycles. The van der Waals surface area contributed by atoms with E-state index in [0.29, 0.717) is 5.92 Å². The van der Waals surface area contributed by atoms with Crippen LogP contribution in [0, 0.1) is 11.8 Å². The van der Waals surface area contributed by atoms with Gasteiger partial charge in [-0.2, -0.15) is 0 Å². The van der Waals surface area contributed by atoms with Crippen LogP contribution in [0.4, 0.5) is 0 Å². The van der Waals surface area contributed by atoms with Gasteiger partial charge in [0.05, 0.1) is 5.92 Å². The average molecular weight is 269 g/mol. The topological polar surface area (TPSA) is 37.3 Å². The molecule has 0 unspecified atom stereocenters. The normalized spacial score (nSPS) is 24.6. The first-order chi connectivity index (χ1) is 7.15. The van der Waals surface area contributed by atoms with Crippen LogP contribution in [0.15, 0.2) is 28.7 Å². The summed E-state index contributed by atoms with van der Waals surface area (Å²) in [6.07, 6.45) is 2.69. The minimum Gasteiger partial charge on any atom is -0.481 e. The van der Waals surface area contributed by atoms with Gasteiger partial charge in [0, 0.05) is 4.47 Å². The number of hydrogen-bond acceptors (Lipinski definition) is 1. The van der Waals surface area contributed by atoms with Crippen molar-refractivity contribution in [3.8, 4) is 0 Å². The molecule has 1 aromatic rings. The highest BCUT2D eigenvalue weighted by molar-refractivity contribution is 9.10. The molecule has 0 heterocycles. The maximum atomic E-state index is 10.6. The molecule has 3 heteroatoms. The van der Waals surface area contributed by atoms with Crippen molar-refractivity contribution in [3.63, 3.8) is 0 Å². The highest BCUT2D eigenvalue weighted by Crippen LogP contribution is 2.36. The quantitative estimate of drug-likeness (QED) is 0.915. The van der Waals surface area contributed by atoms with Crippen LogP contribution in [0.2, 0.25) is 0 Å². The molecule has 1 aliphatic carbocycles. The van der Waals surface area contributed by atoms with Crippen molar-refractivity contribution in [2.45, 2.75) is 19.3 Å². The number of carboxylic acids is 1. The largest absolute Gasteiger partial charge is 0.481 e. The van der Waals surface area contributed by atoms with Gasteiger partial charge in [-0.05, 0) is 42.9 Å². The molecule has 0 spiro atoms. The lowest BCUT2D eigenvalue weighted by Crippen LogP contribution is -2.31. The highest BCUT2D eigenvalue weighted by Gasteiger charge is 2.33. The fourth-order valence-corrected chi connectivity index (χ4v) is 2.32. The van der Waals surface area contributed by atoms with Gasteiger partial charge in [0.25, 0.3) is 0 Å². The molecular weight excluding hydrogens is 256 g/mol. The molecule has 0 bridgehead atoms. The van der Waals surface area contributed by atoms with E-state index in [1.165, 1.54) is 5.56 Å². The van der Waals surface area contributed by atoms with Crippen molar-refractivity contribution in [2.75, 3.05) is 0 Å². The van der Waals surface area contributed by atoms with Gasteiger partial charge < -0.3 is 5.11 Å². The predicted molar refractivity (Wildman–Crippen MR) is 61.7 cm³/mol.